The number of pyridine rings is 1. The molecule has 1 N–H and O–H groups in total. The Kier molecular flexibility index (Phi) is 8.23. The first kappa shape index (κ1) is 25.0. The minimum Gasteiger partial charge on any atom is -0.367 e. The number of carbonyl (C=O) groups excluding carboxylic acids is 1. The molecule has 3 heterocycles. The predicted molar refractivity (Wildman–Crippen MR) is 143 cm³/mol. The van der Waals surface area contributed by atoms with Crippen molar-refractivity contribution in [3.05, 3.63) is 82.9 Å². The van der Waals surface area contributed by atoms with E-state index in [0.717, 1.165) is 60.7 Å². The Labute approximate surface area is 212 Å². The molecule has 1 aliphatic heterocycles. The van der Waals surface area contributed by atoms with Crippen molar-refractivity contribution in [3.8, 4) is 0 Å². The Morgan fingerprint density at radius 2 is 1.89 bits per heavy atom. The molecule has 35 heavy (non-hydrogen) atoms. The summed E-state index contributed by atoms with van der Waals surface area (Å²) >= 11 is 1.73. The molecule has 2 aliphatic rings. The largest absolute Gasteiger partial charge is 0.367 e. The highest BCUT2D eigenvalue weighted by Crippen LogP contribution is 2.26. The van der Waals surface area contributed by atoms with Crippen LogP contribution in [0.3, 0.4) is 0 Å². The van der Waals surface area contributed by atoms with Gasteiger partial charge in [-0.2, -0.15) is 11.8 Å². The van der Waals surface area contributed by atoms with Gasteiger partial charge in [-0.3, -0.25) is 9.78 Å². The summed E-state index contributed by atoms with van der Waals surface area (Å²) in [5.41, 5.74) is 4.63. The number of anilines is 1. The van der Waals surface area contributed by atoms with Crippen LogP contribution in [0.1, 0.15) is 42.1 Å². The molecule has 0 saturated carbocycles. The normalized spacial score (nSPS) is 16.4. The smallest absolute Gasteiger partial charge is 0.257 e. The lowest BCUT2D eigenvalue weighted by molar-refractivity contribution is 0.0962. The molecule has 0 radical (unpaired) electrons. The van der Waals surface area contributed by atoms with Gasteiger partial charge in [0.1, 0.15) is 11.6 Å². The maximum absolute atomic E-state index is 13.1. The van der Waals surface area contributed by atoms with E-state index in [2.05, 4.69) is 63.4 Å². The number of rotatable bonds is 7. The molecule has 0 atom stereocenters. The standard InChI is InChI=1S/C27H34N6OS/c1-19(2)21-7-5-9-23(30-27(34)22-8-6-11-28-20(22)3)24(17-21)32-13-15-33(16-14-32)26-10-12-29-25(31-26)18-35-4/h5-8,10-12,17,19H,9,13-16,18H2,1-4H3,(H,30,34). The summed E-state index contributed by atoms with van der Waals surface area (Å²) in [5, 5.41) is 3.21. The number of amides is 1. The van der Waals surface area contributed by atoms with Crippen LogP contribution in [-0.2, 0) is 5.75 Å². The number of allylic oxidation sites excluding steroid dienone is 4. The lowest BCUT2D eigenvalue weighted by atomic mass is 10.0. The highest BCUT2D eigenvalue weighted by Gasteiger charge is 2.24. The molecule has 1 aliphatic carbocycles. The highest BCUT2D eigenvalue weighted by atomic mass is 32.2. The first-order chi connectivity index (χ1) is 17.0. The molecule has 7 nitrogen and oxygen atoms in total. The van der Waals surface area contributed by atoms with Crippen molar-refractivity contribution in [1.29, 1.82) is 0 Å². The van der Waals surface area contributed by atoms with Crippen molar-refractivity contribution < 1.29 is 4.79 Å². The molecular formula is C27H34N6OS. The van der Waals surface area contributed by atoms with Gasteiger partial charge in [-0.15, -0.1) is 0 Å². The number of hydrogen-bond donors (Lipinski definition) is 1. The van der Waals surface area contributed by atoms with Gasteiger partial charge >= 0.3 is 0 Å². The van der Waals surface area contributed by atoms with Gasteiger partial charge in [0.25, 0.3) is 5.91 Å². The summed E-state index contributed by atoms with van der Waals surface area (Å²) < 4.78 is 0. The molecule has 0 spiro atoms. The van der Waals surface area contributed by atoms with Crippen molar-refractivity contribution in [2.45, 2.75) is 32.9 Å². The highest BCUT2D eigenvalue weighted by molar-refractivity contribution is 7.97. The fraction of sp³-hybridized carbons (Fsp3) is 0.407. The minimum absolute atomic E-state index is 0.112. The Hall–Kier alpha value is -3.13. The number of aromatic nitrogens is 3. The first-order valence-corrected chi connectivity index (χ1v) is 13.5. The molecule has 0 unspecified atom stereocenters. The van der Waals surface area contributed by atoms with Gasteiger partial charge in [-0.05, 0) is 48.9 Å². The number of thioether (sulfide) groups is 1. The number of aryl methyl sites for hydroxylation is 1. The number of hydrogen-bond acceptors (Lipinski definition) is 7. The zero-order chi connectivity index (χ0) is 24.8. The van der Waals surface area contributed by atoms with Crippen LogP contribution in [0.15, 0.2) is 65.8 Å². The third kappa shape index (κ3) is 6.11. The number of nitrogens with zero attached hydrogens (tertiary/aromatic N) is 5. The Morgan fingerprint density at radius 3 is 2.60 bits per heavy atom. The topological polar surface area (TPSA) is 74.2 Å². The SMILES string of the molecule is CSCc1nccc(N2CCN(C3=C(NC(=O)c4cccnc4C)CC=CC(C(C)C)=C3)CC2)n1. The van der Waals surface area contributed by atoms with E-state index in [4.69, 9.17) is 4.98 Å². The molecule has 2 aromatic heterocycles. The van der Waals surface area contributed by atoms with Crippen LogP contribution in [0.2, 0.25) is 0 Å². The van der Waals surface area contributed by atoms with Crippen molar-refractivity contribution >= 4 is 23.5 Å². The van der Waals surface area contributed by atoms with Crippen LogP contribution in [0.5, 0.6) is 0 Å². The Balaban J connectivity index is 1.57. The first-order valence-electron chi connectivity index (χ1n) is 12.1. The Bertz CT molecular complexity index is 1150. The van der Waals surface area contributed by atoms with Crippen LogP contribution >= 0.6 is 11.8 Å². The lowest BCUT2D eigenvalue weighted by Gasteiger charge is -2.38. The van der Waals surface area contributed by atoms with E-state index in [0.29, 0.717) is 17.9 Å². The van der Waals surface area contributed by atoms with E-state index in [9.17, 15) is 4.79 Å². The fourth-order valence-corrected chi connectivity index (χ4v) is 4.73. The van der Waals surface area contributed by atoms with E-state index >= 15 is 0 Å². The van der Waals surface area contributed by atoms with Crippen LogP contribution in [0.25, 0.3) is 0 Å². The van der Waals surface area contributed by atoms with E-state index in [-0.39, 0.29) is 5.91 Å². The number of carbonyl (C=O) groups is 1. The summed E-state index contributed by atoms with van der Waals surface area (Å²) in [6, 6.07) is 5.62. The molecule has 184 valence electrons. The predicted octanol–water partition coefficient (Wildman–Crippen LogP) is 4.35. The third-order valence-electron chi connectivity index (χ3n) is 6.34. The molecule has 1 saturated heterocycles. The second-order valence-corrected chi connectivity index (χ2v) is 9.96. The van der Waals surface area contributed by atoms with Crippen LogP contribution in [-0.4, -0.2) is 58.2 Å². The molecular weight excluding hydrogens is 456 g/mol. The van der Waals surface area contributed by atoms with Gasteiger partial charge in [0.15, 0.2) is 0 Å². The molecule has 0 bridgehead atoms. The van der Waals surface area contributed by atoms with Crippen molar-refractivity contribution in [1.82, 2.24) is 25.2 Å². The minimum atomic E-state index is -0.112. The van der Waals surface area contributed by atoms with Crippen molar-refractivity contribution in [2.24, 2.45) is 5.92 Å². The zero-order valence-electron chi connectivity index (χ0n) is 21.0. The summed E-state index contributed by atoms with van der Waals surface area (Å²) in [6.07, 6.45) is 12.9. The molecule has 8 heteroatoms. The number of nitrogens with one attached hydrogen (secondary N) is 1. The van der Waals surface area contributed by atoms with Gasteiger partial charge in [0, 0.05) is 56.4 Å². The molecule has 1 fully saturated rings. The van der Waals surface area contributed by atoms with Gasteiger partial charge < -0.3 is 15.1 Å². The van der Waals surface area contributed by atoms with Gasteiger partial charge in [-0.1, -0.05) is 26.0 Å². The molecule has 2 aromatic rings. The monoisotopic (exact) mass is 490 g/mol. The Morgan fingerprint density at radius 1 is 1.11 bits per heavy atom. The fourth-order valence-electron chi connectivity index (χ4n) is 4.34. The van der Waals surface area contributed by atoms with Crippen molar-refractivity contribution in [2.75, 3.05) is 37.3 Å². The quantitative estimate of drug-likeness (QED) is 0.619. The number of piperazine rings is 1. The summed E-state index contributed by atoms with van der Waals surface area (Å²) in [7, 11) is 0. The van der Waals surface area contributed by atoms with E-state index < -0.39 is 0 Å². The average Bonchev–Trinajstić information content (AvgIpc) is 3.07. The van der Waals surface area contributed by atoms with E-state index in [1.54, 1.807) is 24.0 Å². The molecule has 1 amide bonds. The van der Waals surface area contributed by atoms with Gasteiger partial charge in [-0.25, -0.2) is 9.97 Å². The van der Waals surface area contributed by atoms with Crippen LogP contribution in [0, 0.1) is 12.8 Å². The maximum Gasteiger partial charge on any atom is 0.257 e. The second-order valence-electron chi connectivity index (χ2n) is 9.10. The average molecular weight is 491 g/mol. The lowest BCUT2D eigenvalue weighted by Crippen LogP contribution is -2.47. The van der Waals surface area contributed by atoms with Crippen LogP contribution in [0.4, 0.5) is 5.82 Å². The maximum atomic E-state index is 13.1. The second kappa shape index (κ2) is 11.5. The summed E-state index contributed by atoms with van der Waals surface area (Å²) in [5.74, 6) is 2.96. The third-order valence-corrected chi connectivity index (χ3v) is 6.88. The van der Waals surface area contributed by atoms with E-state index in [1.165, 1.54) is 5.57 Å². The zero-order valence-corrected chi connectivity index (χ0v) is 21.8. The summed E-state index contributed by atoms with van der Waals surface area (Å²) in [4.78, 5) is 31.3. The van der Waals surface area contributed by atoms with Gasteiger partial charge in [0.05, 0.1) is 17.0 Å². The molecule has 0 aromatic carbocycles. The van der Waals surface area contributed by atoms with Gasteiger partial charge in [0.2, 0.25) is 0 Å². The van der Waals surface area contributed by atoms with Crippen molar-refractivity contribution in [3.63, 3.8) is 0 Å². The molecule has 4 rings (SSSR count). The summed E-state index contributed by atoms with van der Waals surface area (Å²) in [6.45, 7) is 9.70. The van der Waals surface area contributed by atoms with E-state index in [1.807, 2.05) is 25.3 Å². The van der Waals surface area contributed by atoms with Crippen LogP contribution < -0.4 is 10.2 Å².